The minimum atomic E-state index is -0.434. The Labute approximate surface area is 108 Å². The molecule has 1 atom stereocenters. The minimum absolute atomic E-state index is 0.0562. The molecule has 1 heterocycles. The van der Waals surface area contributed by atoms with Gasteiger partial charge < -0.3 is 4.74 Å². The number of hydrogen-bond donors (Lipinski definition) is 0. The first kappa shape index (κ1) is 12.5. The third-order valence-electron chi connectivity index (χ3n) is 2.43. The van der Waals surface area contributed by atoms with Crippen molar-refractivity contribution in [2.45, 2.75) is 23.5 Å². The first-order valence-corrected chi connectivity index (χ1v) is 6.53. The van der Waals surface area contributed by atoms with Crippen LogP contribution in [0, 0.1) is 0 Å². The summed E-state index contributed by atoms with van der Waals surface area (Å²) < 4.78 is 4.93. The summed E-state index contributed by atoms with van der Waals surface area (Å²) in [5.74, 6) is -0.384. The molecule has 0 aromatic heterocycles. The summed E-state index contributed by atoms with van der Waals surface area (Å²) in [6.45, 7) is 2.08. The van der Waals surface area contributed by atoms with Crippen LogP contribution in [0.2, 0.25) is 5.02 Å². The number of benzene rings is 1. The van der Waals surface area contributed by atoms with Crippen LogP contribution < -0.4 is 0 Å². The maximum Gasteiger partial charge on any atom is 0.319 e. The lowest BCUT2D eigenvalue weighted by Crippen LogP contribution is -2.27. The number of carbonyl (C=O) groups excluding carboxylic acids is 2. The van der Waals surface area contributed by atoms with Crippen LogP contribution in [-0.4, -0.2) is 23.6 Å². The highest BCUT2D eigenvalue weighted by molar-refractivity contribution is 8.00. The summed E-state index contributed by atoms with van der Waals surface area (Å²) in [4.78, 5) is 24.3. The zero-order valence-electron chi connectivity index (χ0n) is 9.23. The van der Waals surface area contributed by atoms with Crippen molar-refractivity contribution >= 4 is 35.1 Å². The molecule has 0 fully saturated rings. The number of esters is 1. The molecule has 0 aliphatic carbocycles. The van der Waals surface area contributed by atoms with E-state index in [1.807, 2.05) is 0 Å². The van der Waals surface area contributed by atoms with Gasteiger partial charge in [-0.2, -0.15) is 0 Å². The van der Waals surface area contributed by atoms with Gasteiger partial charge in [0.2, 0.25) is 0 Å². The van der Waals surface area contributed by atoms with E-state index in [1.54, 1.807) is 25.1 Å². The van der Waals surface area contributed by atoms with Gasteiger partial charge in [0.05, 0.1) is 6.61 Å². The molecular weight excluding hydrogens is 260 g/mol. The van der Waals surface area contributed by atoms with Gasteiger partial charge in [-0.05, 0) is 25.1 Å². The van der Waals surface area contributed by atoms with E-state index < -0.39 is 5.25 Å². The molecule has 2 rings (SSSR count). The number of ketones is 1. The Bertz CT molecular complexity index is 473. The third kappa shape index (κ3) is 2.64. The van der Waals surface area contributed by atoms with E-state index in [4.69, 9.17) is 16.3 Å². The van der Waals surface area contributed by atoms with Crippen molar-refractivity contribution in [3.05, 3.63) is 28.8 Å². The van der Waals surface area contributed by atoms with Gasteiger partial charge in [0, 0.05) is 21.9 Å². The molecule has 1 aliphatic heterocycles. The molecule has 17 heavy (non-hydrogen) atoms. The molecule has 1 aliphatic rings. The Hall–Kier alpha value is -1.000. The van der Waals surface area contributed by atoms with Gasteiger partial charge in [0.25, 0.3) is 0 Å². The summed E-state index contributed by atoms with van der Waals surface area (Å²) in [5.41, 5.74) is 0.600. The van der Waals surface area contributed by atoms with Crippen LogP contribution in [0.5, 0.6) is 0 Å². The maximum absolute atomic E-state index is 11.9. The van der Waals surface area contributed by atoms with Crippen LogP contribution in [0.3, 0.4) is 0 Å². The van der Waals surface area contributed by atoms with E-state index in [9.17, 15) is 9.59 Å². The maximum atomic E-state index is 11.9. The van der Waals surface area contributed by atoms with E-state index in [-0.39, 0.29) is 18.2 Å². The predicted octanol–water partition coefficient (Wildman–Crippen LogP) is 2.95. The summed E-state index contributed by atoms with van der Waals surface area (Å²) in [5, 5.41) is 0.100. The van der Waals surface area contributed by atoms with E-state index in [1.165, 1.54) is 11.8 Å². The highest BCUT2D eigenvalue weighted by atomic mass is 35.5. The van der Waals surface area contributed by atoms with Gasteiger partial charge in [-0.1, -0.05) is 11.6 Å². The van der Waals surface area contributed by atoms with Crippen LogP contribution in [0.15, 0.2) is 23.1 Å². The van der Waals surface area contributed by atoms with Crippen molar-refractivity contribution < 1.29 is 14.3 Å². The first-order chi connectivity index (χ1) is 8.11. The lowest BCUT2D eigenvalue weighted by molar-refractivity contribution is -0.142. The molecule has 0 radical (unpaired) electrons. The number of carbonyl (C=O) groups is 2. The molecule has 1 unspecified atom stereocenters. The average Bonchev–Trinajstić information content (AvgIpc) is 2.30. The van der Waals surface area contributed by atoms with E-state index in [0.29, 0.717) is 17.2 Å². The van der Waals surface area contributed by atoms with Gasteiger partial charge in [0.1, 0.15) is 5.25 Å². The number of thioether (sulfide) groups is 1. The Balaban J connectivity index is 2.25. The van der Waals surface area contributed by atoms with Gasteiger partial charge in [0.15, 0.2) is 5.78 Å². The number of hydrogen-bond acceptors (Lipinski definition) is 4. The van der Waals surface area contributed by atoms with Gasteiger partial charge in [-0.15, -0.1) is 11.8 Å². The Morgan fingerprint density at radius 1 is 1.59 bits per heavy atom. The summed E-state index contributed by atoms with van der Waals surface area (Å²) in [6.07, 6.45) is 0.177. The molecule has 5 heteroatoms. The quantitative estimate of drug-likeness (QED) is 0.775. The molecule has 0 saturated carbocycles. The van der Waals surface area contributed by atoms with Gasteiger partial charge in [-0.3, -0.25) is 9.59 Å². The monoisotopic (exact) mass is 270 g/mol. The first-order valence-electron chi connectivity index (χ1n) is 5.28. The number of halogens is 1. The Kier molecular flexibility index (Phi) is 3.74. The molecule has 3 nitrogen and oxygen atoms in total. The summed E-state index contributed by atoms with van der Waals surface area (Å²) >= 11 is 7.20. The van der Waals surface area contributed by atoms with E-state index in [0.717, 1.165) is 4.90 Å². The fourth-order valence-electron chi connectivity index (χ4n) is 1.66. The molecule has 1 aromatic rings. The van der Waals surface area contributed by atoms with Crippen LogP contribution in [0.1, 0.15) is 23.7 Å². The molecule has 0 spiro atoms. The minimum Gasteiger partial charge on any atom is -0.465 e. The van der Waals surface area contributed by atoms with Crippen molar-refractivity contribution in [2.75, 3.05) is 6.61 Å². The Morgan fingerprint density at radius 2 is 2.35 bits per heavy atom. The summed E-state index contributed by atoms with van der Waals surface area (Å²) in [6, 6.07) is 5.13. The average molecular weight is 271 g/mol. The molecule has 0 bridgehead atoms. The van der Waals surface area contributed by atoms with Crippen molar-refractivity contribution in [3.8, 4) is 0 Å². The lowest BCUT2D eigenvalue weighted by Gasteiger charge is -2.21. The molecule has 0 N–H and O–H groups in total. The van der Waals surface area contributed by atoms with Crippen LogP contribution in [0.4, 0.5) is 0 Å². The molecule has 0 amide bonds. The molecular formula is C12H11ClO3S. The third-order valence-corrected chi connectivity index (χ3v) is 3.92. The second kappa shape index (κ2) is 5.10. The fourth-order valence-corrected chi connectivity index (χ4v) is 2.99. The molecule has 1 aromatic carbocycles. The van der Waals surface area contributed by atoms with Crippen molar-refractivity contribution in [1.82, 2.24) is 0 Å². The van der Waals surface area contributed by atoms with Crippen molar-refractivity contribution in [2.24, 2.45) is 0 Å². The second-order valence-electron chi connectivity index (χ2n) is 3.63. The second-order valence-corrected chi connectivity index (χ2v) is 5.31. The molecule has 0 saturated heterocycles. The SMILES string of the molecule is CCOC(=O)C1CC(=O)c2cc(Cl)ccc2S1. The zero-order valence-corrected chi connectivity index (χ0v) is 10.8. The smallest absolute Gasteiger partial charge is 0.319 e. The van der Waals surface area contributed by atoms with Crippen LogP contribution >= 0.6 is 23.4 Å². The van der Waals surface area contributed by atoms with Crippen LogP contribution in [0.25, 0.3) is 0 Å². The van der Waals surface area contributed by atoms with E-state index >= 15 is 0 Å². The zero-order chi connectivity index (χ0) is 12.4. The van der Waals surface area contributed by atoms with Gasteiger partial charge >= 0.3 is 5.97 Å². The van der Waals surface area contributed by atoms with E-state index in [2.05, 4.69) is 0 Å². The number of rotatable bonds is 2. The largest absolute Gasteiger partial charge is 0.465 e. The topological polar surface area (TPSA) is 43.4 Å². The highest BCUT2D eigenvalue weighted by Gasteiger charge is 2.31. The normalized spacial score (nSPS) is 18.7. The van der Waals surface area contributed by atoms with Crippen molar-refractivity contribution in [3.63, 3.8) is 0 Å². The van der Waals surface area contributed by atoms with Gasteiger partial charge in [-0.25, -0.2) is 0 Å². The number of ether oxygens (including phenoxy) is 1. The number of fused-ring (bicyclic) bond motifs is 1. The molecule has 90 valence electrons. The highest BCUT2D eigenvalue weighted by Crippen LogP contribution is 2.36. The predicted molar refractivity (Wildman–Crippen MR) is 66.7 cm³/mol. The lowest BCUT2D eigenvalue weighted by atomic mass is 10.1. The Morgan fingerprint density at radius 3 is 3.06 bits per heavy atom. The number of Topliss-reactive ketones (excluding diaryl/α,β-unsaturated/α-hetero) is 1. The van der Waals surface area contributed by atoms with Crippen LogP contribution in [-0.2, 0) is 9.53 Å². The van der Waals surface area contributed by atoms with Crippen molar-refractivity contribution in [1.29, 1.82) is 0 Å². The fraction of sp³-hybridized carbons (Fsp3) is 0.333. The standard InChI is InChI=1S/C12H11ClO3S/c1-2-16-12(15)11-6-9(14)8-5-7(13)3-4-10(8)17-11/h3-5,11H,2,6H2,1H3. The summed E-state index contributed by atoms with van der Waals surface area (Å²) in [7, 11) is 0.